The van der Waals surface area contributed by atoms with Gasteiger partial charge in [-0.2, -0.15) is 5.10 Å². The van der Waals surface area contributed by atoms with Gasteiger partial charge in [-0.25, -0.2) is 0 Å². The molecule has 0 amide bonds. The van der Waals surface area contributed by atoms with E-state index in [4.69, 9.17) is 11.6 Å². The summed E-state index contributed by atoms with van der Waals surface area (Å²) in [6.07, 6.45) is 1.63. The predicted octanol–water partition coefficient (Wildman–Crippen LogP) is 3.55. The maximum Gasteiger partial charge on any atom is 0.212 e. The SMILES string of the molecule is CCn1ncc(Br)c1C(=O)c1ccc(Cl)cc1. The topological polar surface area (TPSA) is 34.9 Å². The quantitative estimate of drug-likeness (QED) is 0.812. The number of hydrogen-bond donors (Lipinski definition) is 0. The maximum absolute atomic E-state index is 12.3. The number of nitrogens with zero attached hydrogens (tertiary/aromatic N) is 2. The number of halogens is 2. The third-order valence-electron chi connectivity index (χ3n) is 2.42. The molecule has 1 aromatic carbocycles. The van der Waals surface area contributed by atoms with Gasteiger partial charge in [0.15, 0.2) is 0 Å². The Hall–Kier alpha value is -1.13. The van der Waals surface area contributed by atoms with Crippen LogP contribution in [0.1, 0.15) is 23.0 Å². The van der Waals surface area contributed by atoms with Gasteiger partial charge in [0.1, 0.15) is 5.69 Å². The molecule has 3 nitrogen and oxygen atoms in total. The highest BCUT2D eigenvalue weighted by Gasteiger charge is 2.17. The summed E-state index contributed by atoms with van der Waals surface area (Å²) in [4.78, 5) is 12.3. The molecule has 0 unspecified atom stereocenters. The molecule has 1 heterocycles. The first-order valence-electron chi connectivity index (χ1n) is 5.15. The Morgan fingerprint density at radius 1 is 1.41 bits per heavy atom. The Labute approximate surface area is 113 Å². The highest BCUT2D eigenvalue weighted by atomic mass is 79.9. The average Bonchev–Trinajstić information content (AvgIpc) is 2.70. The Morgan fingerprint density at radius 2 is 2.06 bits per heavy atom. The van der Waals surface area contributed by atoms with Crippen molar-refractivity contribution < 1.29 is 4.79 Å². The normalized spacial score (nSPS) is 10.5. The minimum atomic E-state index is -0.0621. The largest absolute Gasteiger partial charge is 0.287 e. The van der Waals surface area contributed by atoms with E-state index in [9.17, 15) is 4.79 Å². The molecule has 0 bridgehead atoms. The van der Waals surface area contributed by atoms with Crippen molar-refractivity contribution in [1.29, 1.82) is 0 Å². The Bertz CT molecular complexity index is 548. The molecule has 0 N–H and O–H groups in total. The van der Waals surface area contributed by atoms with Crippen LogP contribution in [0.3, 0.4) is 0 Å². The first kappa shape index (κ1) is 12.3. The molecule has 0 radical (unpaired) electrons. The van der Waals surface area contributed by atoms with E-state index < -0.39 is 0 Å². The van der Waals surface area contributed by atoms with Gasteiger partial charge < -0.3 is 0 Å². The fourth-order valence-corrected chi connectivity index (χ4v) is 2.17. The molecule has 0 aliphatic carbocycles. The number of ketones is 1. The number of benzene rings is 1. The lowest BCUT2D eigenvalue weighted by atomic mass is 10.1. The van der Waals surface area contributed by atoms with Gasteiger partial charge >= 0.3 is 0 Å². The number of aromatic nitrogens is 2. The van der Waals surface area contributed by atoms with Crippen LogP contribution >= 0.6 is 27.5 Å². The Balaban J connectivity index is 2.43. The van der Waals surface area contributed by atoms with Crippen molar-refractivity contribution in [3.63, 3.8) is 0 Å². The monoisotopic (exact) mass is 312 g/mol. The second-order valence-electron chi connectivity index (χ2n) is 3.49. The van der Waals surface area contributed by atoms with Gasteiger partial charge in [0.05, 0.1) is 10.7 Å². The molecule has 0 aliphatic rings. The number of aryl methyl sites for hydroxylation is 1. The lowest BCUT2D eigenvalue weighted by molar-refractivity contribution is 0.102. The lowest BCUT2D eigenvalue weighted by Gasteiger charge is -2.04. The average molecular weight is 314 g/mol. The van der Waals surface area contributed by atoms with Crippen LogP contribution < -0.4 is 0 Å². The second-order valence-corrected chi connectivity index (χ2v) is 4.78. The van der Waals surface area contributed by atoms with Crippen LogP contribution in [-0.4, -0.2) is 15.6 Å². The number of carbonyl (C=O) groups excluding carboxylic acids is 1. The molecular formula is C12H10BrClN2O. The molecule has 2 aromatic rings. The predicted molar refractivity (Wildman–Crippen MR) is 70.5 cm³/mol. The Morgan fingerprint density at radius 3 is 2.65 bits per heavy atom. The van der Waals surface area contributed by atoms with E-state index in [1.165, 1.54) is 0 Å². The molecular weight excluding hydrogens is 304 g/mol. The van der Waals surface area contributed by atoms with E-state index in [0.29, 0.717) is 27.3 Å². The van der Waals surface area contributed by atoms with Gasteiger partial charge in [-0.1, -0.05) is 11.6 Å². The van der Waals surface area contributed by atoms with Gasteiger partial charge in [-0.3, -0.25) is 9.48 Å². The first-order valence-corrected chi connectivity index (χ1v) is 6.32. The van der Waals surface area contributed by atoms with Crippen molar-refractivity contribution in [2.75, 3.05) is 0 Å². The molecule has 0 aliphatic heterocycles. The molecule has 0 saturated heterocycles. The third-order valence-corrected chi connectivity index (χ3v) is 3.25. The Kier molecular flexibility index (Phi) is 3.64. The molecule has 5 heteroatoms. The minimum Gasteiger partial charge on any atom is -0.287 e. The van der Waals surface area contributed by atoms with Gasteiger partial charge in [-0.15, -0.1) is 0 Å². The zero-order valence-electron chi connectivity index (χ0n) is 9.15. The van der Waals surface area contributed by atoms with Gasteiger partial charge in [0.2, 0.25) is 5.78 Å². The van der Waals surface area contributed by atoms with E-state index in [1.54, 1.807) is 35.1 Å². The lowest BCUT2D eigenvalue weighted by Crippen LogP contribution is -2.11. The summed E-state index contributed by atoms with van der Waals surface area (Å²) in [7, 11) is 0. The molecule has 2 rings (SSSR count). The zero-order chi connectivity index (χ0) is 12.4. The van der Waals surface area contributed by atoms with E-state index in [-0.39, 0.29) is 5.78 Å². The van der Waals surface area contributed by atoms with Gasteiger partial charge in [0.25, 0.3) is 0 Å². The summed E-state index contributed by atoms with van der Waals surface area (Å²) in [5.41, 5.74) is 1.17. The van der Waals surface area contributed by atoms with E-state index in [1.807, 2.05) is 6.92 Å². The van der Waals surface area contributed by atoms with Crippen LogP contribution in [0.5, 0.6) is 0 Å². The number of rotatable bonds is 3. The minimum absolute atomic E-state index is 0.0621. The maximum atomic E-state index is 12.3. The van der Waals surface area contributed by atoms with Crippen molar-refractivity contribution >= 4 is 33.3 Å². The fourth-order valence-electron chi connectivity index (χ4n) is 1.57. The summed E-state index contributed by atoms with van der Waals surface area (Å²) < 4.78 is 2.38. The van der Waals surface area contributed by atoms with Crippen LogP contribution in [0.4, 0.5) is 0 Å². The second kappa shape index (κ2) is 5.02. The first-order chi connectivity index (χ1) is 8.13. The summed E-state index contributed by atoms with van der Waals surface area (Å²) in [6.45, 7) is 2.60. The highest BCUT2D eigenvalue weighted by molar-refractivity contribution is 9.10. The van der Waals surface area contributed by atoms with Crippen molar-refractivity contribution in [1.82, 2.24) is 9.78 Å². The number of carbonyl (C=O) groups is 1. The molecule has 17 heavy (non-hydrogen) atoms. The van der Waals surface area contributed by atoms with Crippen LogP contribution in [0.2, 0.25) is 5.02 Å². The molecule has 0 atom stereocenters. The van der Waals surface area contributed by atoms with Crippen LogP contribution in [0.15, 0.2) is 34.9 Å². The summed E-state index contributed by atoms with van der Waals surface area (Å²) in [5.74, 6) is -0.0621. The highest BCUT2D eigenvalue weighted by Crippen LogP contribution is 2.20. The van der Waals surface area contributed by atoms with Crippen molar-refractivity contribution in [2.24, 2.45) is 0 Å². The standard InChI is InChI=1S/C12H10BrClN2O/c1-2-16-11(10(13)7-15-16)12(17)8-3-5-9(14)6-4-8/h3-7H,2H2,1H3. The third kappa shape index (κ3) is 2.42. The molecule has 1 aromatic heterocycles. The smallest absolute Gasteiger partial charge is 0.212 e. The molecule has 0 saturated carbocycles. The molecule has 0 fully saturated rings. The van der Waals surface area contributed by atoms with Crippen molar-refractivity contribution in [2.45, 2.75) is 13.5 Å². The van der Waals surface area contributed by atoms with E-state index in [2.05, 4.69) is 21.0 Å². The summed E-state index contributed by atoms with van der Waals surface area (Å²) >= 11 is 9.13. The molecule has 0 spiro atoms. The van der Waals surface area contributed by atoms with Crippen molar-refractivity contribution in [3.05, 3.63) is 51.2 Å². The van der Waals surface area contributed by atoms with Gasteiger partial charge in [-0.05, 0) is 47.1 Å². The van der Waals surface area contributed by atoms with E-state index in [0.717, 1.165) is 0 Å². The number of hydrogen-bond acceptors (Lipinski definition) is 2. The fraction of sp³-hybridized carbons (Fsp3) is 0.167. The van der Waals surface area contributed by atoms with E-state index >= 15 is 0 Å². The zero-order valence-corrected chi connectivity index (χ0v) is 11.5. The summed E-state index contributed by atoms with van der Waals surface area (Å²) in [6, 6.07) is 6.83. The summed E-state index contributed by atoms with van der Waals surface area (Å²) in [5, 5.41) is 4.74. The van der Waals surface area contributed by atoms with Gasteiger partial charge in [0, 0.05) is 17.1 Å². The van der Waals surface area contributed by atoms with Crippen LogP contribution in [-0.2, 0) is 6.54 Å². The van der Waals surface area contributed by atoms with Crippen LogP contribution in [0, 0.1) is 0 Å². The van der Waals surface area contributed by atoms with Crippen molar-refractivity contribution in [3.8, 4) is 0 Å². The van der Waals surface area contributed by atoms with Crippen LogP contribution in [0.25, 0.3) is 0 Å². The molecule has 88 valence electrons.